The summed E-state index contributed by atoms with van der Waals surface area (Å²) in [6.45, 7) is 7.27. The lowest BCUT2D eigenvalue weighted by atomic mass is 10.2. The topological polar surface area (TPSA) is 72.5 Å². The van der Waals surface area contributed by atoms with Gasteiger partial charge in [0.05, 0.1) is 24.2 Å². The van der Waals surface area contributed by atoms with E-state index in [-0.39, 0.29) is 18.1 Å². The molecule has 1 N–H and O–H groups in total. The maximum atomic E-state index is 12.9. The fraction of sp³-hybridized carbons (Fsp3) is 0.364. The van der Waals surface area contributed by atoms with Gasteiger partial charge in [-0.05, 0) is 38.1 Å². The number of hydrogen-bond acceptors (Lipinski definition) is 5. The number of ether oxygens (including phenoxy) is 1. The molecule has 2 aromatic heterocycles. The van der Waals surface area contributed by atoms with Crippen molar-refractivity contribution < 1.29 is 13.9 Å². The molecule has 4 rings (SSSR count). The molecule has 7 heteroatoms. The SMILES string of the molecule is C[C@@H]1CN(CCNC(=O)c2cc(-c3ccco3)nn2-c2ccccc2)C[C@@H](C)O1. The van der Waals surface area contributed by atoms with Gasteiger partial charge in [0.1, 0.15) is 11.4 Å². The number of para-hydroxylation sites is 1. The van der Waals surface area contributed by atoms with Gasteiger partial charge < -0.3 is 14.5 Å². The maximum absolute atomic E-state index is 12.9. The van der Waals surface area contributed by atoms with E-state index in [9.17, 15) is 4.79 Å². The van der Waals surface area contributed by atoms with Gasteiger partial charge in [-0.1, -0.05) is 18.2 Å². The molecule has 152 valence electrons. The Hall–Kier alpha value is -2.90. The lowest BCUT2D eigenvalue weighted by molar-refractivity contribution is -0.0672. The molecule has 29 heavy (non-hydrogen) atoms. The summed E-state index contributed by atoms with van der Waals surface area (Å²) < 4.78 is 12.9. The highest BCUT2D eigenvalue weighted by Crippen LogP contribution is 2.22. The quantitative estimate of drug-likeness (QED) is 0.696. The zero-order valence-corrected chi connectivity index (χ0v) is 16.7. The van der Waals surface area contributed by atoms with Crippen LogP contribution in [0.3, 0.4) is 0 Å². The fourth-order valence-corrected chi connectivity index (χ4v) is 3.74. The second-order valence-corrected chi connectivity index (χ2v) is 7.41. The minimum absolute atomic E-state index is 0.159. The summed E-state index contributed by atoms with van der Waals surface area (Å²) in [5, 5.41) is 7.63. The van der Waals surface area contributed by atoms with Crippen LogP contribution in [0.25, 0.3) is 17.1 Å². The van der Waals surface area contributed by atoms with Crippen LogP contribution in [0.15, 0.2) is 59.2 Å². The highest BCUT2D eigenvalue weighted by Gasteiger charge is 2.22. The minimum Gasteiger partial charge on any atom is -0.463 e. The summed E-state index contributed by atoms with van der Waals surface area (Å²) in [6, 6.07) is 15.0. The molecule has 1 aromatic carbocycles. The number of nitrogens with one attached hydrogen (secondary N) is 1. The Labute approximate surface area is 170 Å². The van der Waals surface area contributed by atoms with Gasteiger partial charge in [0.2, 0.25) is 0 Å². The van der Waals surface area contributed by atoms with E-state index in [2.05, 4.69) is 29.2 Å². The third-order valence-electron chi connectivity index (χ3n) is 4.93. The zero-order chi connectivity index (χ0) is 20.2. The Morgan fingerprint density at radius 3 is 2.59 bits per heavy atom. The van der Waals surface area contributed by atoms with Gasteiger partial charge >= 0.3 is 0 Å². The third kappa shape index (κ3) is 4.58. The maximum Gasteiger partial charge on any atom is 0.270 e. The number of hydrogen-bond donors (Lipinski definition) is 1. The summed E-state index contributed by atoms with van der Waals surface area (Å²) >= 11 is 0. The van der Waals surface area contributed by atoms with Gasteiger partial charge in [-0.25, -0.2) is 4.68 Å². The molecule has 1 saturated heterocycles. The second-order valence-electron chi connectivity index (χ2n) is 7.41. The molecule has 1 fully saturated rings. The number of carbonyl (C=O) groups excluding carboxylic acids is 1. The van der Waals surface area contributed by atoms with Crippen molar-refractivity contribution in [3.8, 4) is 17.1 Å². The van der Waals surface area contributed by atoms with Crippen LogP contribution in [0.5, 0.6) is 0 Å². The van der Waals surface area contributed by atoms with Gasteiger partial charge in [0.25, 0.3) is 5.91 Å². The van der Waals surface area contributed by atoms with E-state index in [4.69, 9.17) is 9.15 Å². The standard InChI is InChI=1S/C22H26N4O3/c1-16-14-25(15-17(2)29-16)11-10-23-22(27)20-13-19(21-9-6-12-28-21)24-26(20)18-7-4-3-5-8-18/h3-9,12-13,16-17H,10-11,14-15H2,1-2H3,(H,23,27)/t16-,17-/m1/s1. The van der Waals surface area contributed by atoms with Crippen LogP contribution in [0, 0.1) is 0 Å². The fourth-order valence-electron chi connectivity index (χ4n) is 3.74. The Kier molecular flexibility index (Phi) is 5.78. The van der Waals surface area contributed by atoms with Crippen LogP contribution in [-0.2, 0) is 4.74 Å². The van der Waals surface area contributed by atoms with Gasteiger partial charge in [-0.15, -0.1) is 0 Å². The molecule has 0 radical (unpaired) electrons. The van der Waals surface area contributed by atoms with Crippen molar-refractivity contribution >= 4 is 5.91 Å². The molecule has 3 heterocycles. The Balaban J connectivity index is 1.48. The molecule has 1 aliphatic heterocycles. The number of amides is 1. The number of benzene rings is 1. The number of morpholine rings is 1. The monoisotopic (exact) mass is 394 g/mol. The van der Waals surface area contributed by atoms with Crippen LogP contribution in [0.1, 0.15) is 24.3 Å². The first-order valence-corrected chi connectivity index (χ1v) is 9.95. The summed E-state index contributed by atoms with van der Waals surface area (Å²) in [4.78, 5) is 15.3. The first kappa shape index (κ1) is 19.4. The number of carbonyl (C=O) groups is 1. The van der Waals surface area contributed by atoms with Crippen molar-refractivity contribution in [2.24, 2.45) is 0 Å². The van der Waals surface area contributed by atoms with Crippen LogP contribution in [0.2, 0.25) is 0 Å². The van der Waals surface area contributed by atoms with Crippen molar-refractivity contribution in [1.29, 1.82) is 0 Å². The molecule has 0 spiro atoms. The van der Waals surface area contributed by atoms with Crippen LogP contribution in [0.4, 0.5) is 0 Å². The molecule has 7 nitrogen and oxygen atoms in total. The molecule has 0 saturated carbocycles. The van der Waals surface area contributed by atoms with E-state index in [1.165, 1.54) is 0 Å². The summed E-state index contributed by atoms with van der Waals surface area (Å²) in [7, 11) is 0. The lowest BCUT2D eigenvalue weighted by Crippen LogP contribution is -2.47. The first-order valence-electron chi connectivity index (χ1n) is 9.95. The highest BCUT2D eigenvalue weighted by molar-refractivity contribution is 5.94. The predicted molar refractivity (Wildman–Crippen MR) is 110 cm³/mol. The van der Waals surface area contributed by atoms with E-state index >= 15 is 0 Å². The molecule has 0 bridgehead atoms. The van der Waals surface area contributed by atoms with Crippen LogP contribution in [-0.4, -0.2) is 59.0 Å². The molecular weight excluding hydrogens is 368 g/mol. The molecule has 2 atom stereocenters. The van der Waals surface area contributed by atoms with Crippen molar-refractivity contribution in [3.05, 3.63) is 60.5 Å². The number of nitrogens with zero attached hydrogens (tertiary/aromatic N) is 3. The van der Waals surface area contributed by atoms with Crippen molar-refractivity contribution in [2.75, 3.05) is 26.2 Å². The van der Waals surface area contributed by atoms with Crippen molar-refractivity contribution in [2.45, 2.75) is 26.1 Å². The first-order chi connectivity index (χ1) is 14.1. The Morgan fingerprint density at radius 1 is 1.14 bits per heavy atom. The van der Waals surface area contributed by atoms with Gasteiger partial charge in [-0.2, -0.15) is 5.10 Å². The van der Waals surface area contributed by atoms with E-state index in [0.717, 1.165) is 25.3 Å². The minimum atomic E-state index is -0.159. The number of rotatable bonds is 6. The molecule has 0 aliphatic carbocycles. The molecule has 1 aliphatic rings. The van der Waals surface area contributed by atoms with Gasteiger partial charge in [-0.3, -0.25) is 9.69 Å². The molecule has 3 aromatic rings. The second kappa shape index (κ2) is 8.63. The van der Waals surface area contributed by atoms with Crippen molar-refractivity contribution in [1.82, 2.24) is 20.0 Å². The third-order valence-corrected chi connectivity index (χ3v) is 4.93. The molecule has 0 unspecified atom stereocenters. The summed E-state index contributed by atoms with van der Waals surface area (Å²) in [6.07, 6.45) is 2.02. The van der Waals surface area contributed by atoms with E-state index < -0.39 is 0 Å². The Morgan fingerprint density at radius 2 is 1.90 bits per heavy atom. The lowest BCUT2D eigenvalue weighted by Gasteiger charge is -2.35. The number of aromatic nitrogens is 2. The zero-order valence-electron chi connectivity index (χ0n) is 16.7. The number of furan rings is 1. The smallest absolute Gasteiger partial charge is 0.270 e. The van der Waals surface area contributed by atoms with Gasteiger partial charge in [0.15, 0.2) is 5.76 Å². The van der Waals surface area contributed by atoms with E-state index in [1.807, 2.05) is 36.4 Å². The van der Waals surface area contributed by atoms with Crippen LogP contribution < -0.4 is 5.32 Å². The summed E-state index contributed by atoms with van der Waals surface area (Å²) in [5.41, 5.74) is 1.93. The normalized spacial score (nSPS) is 19.9. The van der Waals surface area contributed by atoms with Gasteiger partial charge in [0, 0.05) is 32.2 Å². The van der Waals surface area contributed by atoms with Crippen molar-refractivity contribution in [3.63, 3.8) is 0 Å². The average molecular weight is 394 g/mol. The Bertz CT molecular complexity index is 926. The van der Waals surface area contributed by atoms with E-state index in [1.54, 1.807) is 23.1 Å². The summed E-state index contributed by atoms with van der Waals surface area (Å²) in [5.74, 6) is 0.471. The highest BCUT2D eigenvalue weighted by atomic mass is 16.5. The van der Waals surface area contributed by atoms with Crippen LogP contribution >= 0.6 is 0 Å². The average Bonchev–Trinajstić information content (AvgIpc) is 3.38. The predicted octanol–water partition coefficient (Wildman–Crippen LogP) is 2.97. The largest absolute Gasteiger partial charge is 0.463 e. The van der Waals surface area contributed by atoms with E-state index in [0.29, 0.717) is 23.7 Å². The molecular formula is C22H26N4O3. The molecule has 1 amide bonds.